The highest BCUT2D eigenvalue weighted by molar-refractivity contribution is 6.42. The first-order valence-corrected chi connectivity index (χ1v) is 10.1. The fourth-order valence-electron chi connectivity index (χ4n) is 3.34. The summed E-state index contributed by atoms with van der Waals surface area (Å²) in [7, 11) is 1.79. The predicted molar refractivity (Wildman–Crippen MR) is 124 cm³/mol. The van der Waals surface area contributed by atoms with Gasteiger partial charge in [-0.1, -0.05) is 53.0 Å². The number of carbonyl (C=O) groups excluding carboxylic acids is 1. The molecule has 0 aliphatic rings. The maximum atomic E-state index is 13.4. The first-order valence-electron chi connectivity index (χ1n) is 9.01. The summed E-state index contributed by atoms with van der Waals surface area (Å²) >= 11 is 18.2. The number of rotatable bonds is 3. The number of pyridine rings is 1. The SMILES string of the molecule is Cn1c(NC(=O)c2ccc(Cl)cc2)c(-c2ccc(Cl)c(Cl)c2)c(=O)c2ccccc21. The molecule has 3 aromatic carbocycles. The Kier molecular flexibility index (Phi) is 5.56. The van der Waals surface area contributed by atoms with Gasteiger partial charge in [0.1, 0.15) is 5.82 Å². The first-order chi connectivity index (χ1) is 14.4. The second-order valence-electron chi connectivity index (χ2n) is 6.72. The third kappa shape index (κ3) is 3.70. The van der Waals surface area contributed by atoms with E-state index in [0.29, 0.717) is 48.5 Å². The van der Waals surface area contributed by atoms with E-state index in [1.807, 2.05) is 12.1 Å². The Balaban J connectivity index is 1.95. The smallest absolute Gasteiger partial charge is 0.256 e. The summed E-state index contributed by atoms with van der Waals surface area (Å²) in [4.78, 5) is 26.3. The molecular weight excluding hydrogens is 443 g/mol. The molecule has 4 nitrogen and oxygen atoms in total. The molecule has 4 aromatic rings. The summed E-state index contributed by atoms with van der Waals surface area (Å²) in [6.45, 7) is 0. The lowest BCUT2D eigenvalue weighted by molar-refractivity contribution is 0.102. The molecule has 0 bridgehead atoms. The van der Waals surface area contributed by atoms with Crippen LogP contribution in [0.15, 0.2) is 71.5 Å². The Bertz CT molecular complexity index is 1350. The van der Waals surface area contributed by atoms with Crippen molar-refractivity contribution in [3.63, 3.8) is 0 Å². The summed E-state index contributed by atoms with van der Waals surface area (Å²) in [6.07, 6.45) is 0. The molecule has 1 aromatic heterocycles. The van der Waals surface area contributed by atoms with Gasteiger partial charge in [-0.25, -0.2) is 0 Å². The Labute approximate surface area is 187 Å². The zero-order valence-electron chi connectivity index (χ0n) is 15.7. The van der Waals surface area contributed by atoms with E-state index < -0.39 is 0 Å². The van der Waals surface area contributed by atoms with Crippen LogP contribution in [0.2, 0.25) is 15.1 Å². The van der Waals surface area contributed by atoms with Crippen molar-refractivity contribution in [1.29, 1.82) is 0 Å². The van der Waals surface area contributed by atoms with Gasteiger partial charge in [0.25, 0.3) is 5.91 Å². The van der Waals surface area contributed by atoms with Crippen LogP contribution in [0.25, 0.3) is 22.0 Å². The third-order valence-electron chi connectivity index (χ3n) is 4.86. The van der Waals surface area contributed by atoms with E-state index in [1.54, 1.807) is 66.2 Å². The van der Waals surface area contributed by atoms with Crippen molar-refractivity contribution in [3.05, 3.63) is 97.6 Å². The molecule has 0 saturated carbocycles. The van der Waals surface area contributed by atoms with Crippen LogP contribution in [0, 0.1) is 0 Å². The van der Waals surface area contributed by atoms with Crippen LogP contribution >= 0.6 is 34.8 Å². The van der Waals surface area contributed by atoms with Gasteiger partial charge in [-0.3, -0.25) is 9.59 Å². The molecule has 1 N–H and O–H groups in total. The number of carbonyl (C=O) groups is 1. The van der Waals surface area contributed by atoms with Crippen LogP contribution in [-0.4, -0.2) is 10.5 Å². The van der Waals surface area contributed by atoms with Gasteiger partial charge in [-0.05, 0) is 54.1 Å². The molecule has 1 heterocycles. The van der Waals surface area contributed by atoms with E-state index in [9.17, 15) is 9.59 Å². The van der Waals surface area contributed by atoms with Crippen LogP contribution in [-0.2, 0) is 7.05 Å². The fraction of sp³-hybridized carbons (Fsp3) is 0.0435. The van der Waals surface area contributed by atoms with Crippen molar-refractivity contribution in [2.45, 2.75) is 0 Å². The number of aromatic nitrogens is 1. The Morgan fingerprint density at radius 2 is 1.60 bits per heavy atom. The number of aryl methyl sites for hydroxylation is 1. The highest BCUT2D eigenvalue weighted by Crippen LogP contribution is 2.32. The maximum absolute atomic E-state index is 13.4. The maximum Gasteiger partial charge on any atom is 0.256 e. The van der Waals surface area contributed by atoms with E-state index >= 15 is 0 Å². The number of fused-ring (bicyclic) bond motifs is 1. The van der Waals surface area contributed by atoms with Crippen LogP contribution in [0.4, 0.5) is 5.82 Å². The molecule has 0 unspecified atom stereocenters. The minimum Gasteiger partial charge on any atom is -0.330 e. The lowest BCUT2D eigenvalue weighted by atomic mass is 10.0. The van der Waals surface area contributed by atoms with Gasteiger partial charge in [0.2, 0.25) is 0 Å². The Hall–Kier alpha value is -2.79. The predicted octanol–water partition coefficient (Wildman–Crippen LogP) is 6.42. The number of halogens is 3. The average molecular weight is 458 g/mol. The molecule has 0 saturated heterocycles. The van der Waals surface area contributed by atoms with E-state index in [1.165, 1.54) is 0 Å². The zero-order valence-corrected chi connectivity index (χ0v) is 18.0. The van der Waals surface area contributed by atoms with Crippen LogP contribution in [0.3, 0.4) is 0 Å². The molecule has 0 atom stereocenters. The van der Waals surface area contributed by atoms with Crippen LogP contribution in [0.1, 0.15) is 10.4 Å². The number of amides is 1. The average Bonchev–Trinajstić information content (AvgIpc) is 2.74. The van der Waals surface area contributed by atoms with Crippen molar-refractivity contribution in [3.8, 4) is 11.1 Å². The van der Waals surface area contributed by atoms with Gasteiger partial charge in [0.15, 0.2) is 5.43 Å². The summed E-state index contributed by atoms with van der Waals surface area (Å²) in [5.74, 6) is -0.00435. The summed E-state index contributed by atoms with van der Waals surface area (Å²) < 4.78 is 1.78. The van der Waals surface area contributed by atoms with Gasteiger partial charge in [-0.15, -0.1) is 0 Å². The van der Waals surface area contributed by atoms with Crippen molar-refractivity contribution < 1.29 is 4.79 Å². The highest BCUT2D eigenvalue weighted by Gasteiger charge is 2.20. The van der Waals surface area contributed by atoms with E-state index in [-0.39, 0.29) is 11.3 Å². The normalized spacial score (nSPS) is 10.9. The molecule has 7 heteroatoms. The topological polar surface area (TPSA) is 51.1 Å². The van der Waals surface area contributed by atoms with E-state index in [0.717, 1.165) is 0 Å². The van der Waals surface area contributed by atoms with Crippen LogP contribution < -0.4 is 10.7 Å². The van der Waals surface area contributed by atoms with E-state index in [2.05, 4.69) is 5.32 Å². The highest BCUT2D eigenvalue weighted by atomic mass is 35.5. The molecule has 1 amide bonds. The number of anilines is 1. The van der Waals surface area contributed by atoms with Gasteiger partial charge in [-0.2, -0.15) is 0 Å². The van der Waals surface area contributed by atoms with Crippen molar-refractivity contribution in [1.82, 2.24) is 4.57 Å². The third-order valence-corrected chi connectivity index (χ3v) is 5.85. The number of nitrogens with zero attached hydrogens (tertiary/aromatic N) is 1. The van der Waals surface area contributed by atoms with Crippen molar-refractivity contribution in [2.24, 2.45) is 7.05 Å². The quantitative estimate of drug-likeness (QED) is 0.386. The van der Waals surface area contributed by atoms with Crippen LogP contribution in [0.5, 0.6) is 0 Å². The Morgan fingerprint density at radius 3 is 2.30 bits per heavy atom. The van der Waals surface area contributed by atoms with E-state index in [4.69, 9.17) is 34.8 Å². The van der Waals surface area contributed by atoms with Gasteiger partial charge in [0, 0.05) is 23.0 Å². The molecule has 0 radical (unpaired) electrons. The van der Waals surface area contributed by atoms with Gasteiger partial charge in [0.05, 0.1) is 21.1 Å². The molecule has 4 rings (SSSR count). The van der Waals surface area contributed by atoms with Crippen molar-refractivity contribution >= 4 is 57.4 Å². The monoisotopic (exact) mass is 456 g/mol. The summed E-state index contributed by atoms with van der Waals surface area (Å²) in [5.41, 5.74) is 1.78. The fourth-order valence-corrected chi connectivity index (χ4v) is 3.76. The molecule has 0 spiro atoms. The minimum absolute atomic E-state index is 0.214. The summed E-state index contributed by atoms with van der Waals surface area (Å²) in [6, 6.07) is 18.7. The number of hydrogen-bond acceptors (Lipinski definition) is 2. The minimum atomic E-state index is -0.363. The first kappa shape index (κ1) is 20.5. The molecule has 150 valence electrons. The second kappa shape index (κ2) is 8.15. The summed E-state index contributed by atoms with van der Waals surface area (Å²) in [5, 5.41) is 4.65. The molecule has 0 aliphatic heterocycles. The zero-order chi connectivity index (χ0) is 21.4. The number of hydrogen-bond donors (Lipinski definition) is 1. The lowest BCUT2D eigenvalue weighted by Crippen LogP contribution is -2.21. The second-order valence-corrected chi connectivity index (χ2v) is 7.97. The molecule has 0 fully saturated rings. The standard InChI is InChI=1S/C23H15Cl3N2O2/c1-28-19-5-3-2-4-16(19)21(29)20(14-8-11-17(25)18(26)12-14)22(28)27-23(30)13-6-9-15(24)10-7-13/h2-12H,1H3,(H,27,30). The number of nitrogens with one attached hydrogen (secondary N) is 1. The molecule has 0 aliphatic carbocycles. The van der Waals surface area contributed by atoms with Gasteiger partial charge >= 0.3 is 0 Å². The van der Waals surface area contributed by atoms with Gasteiger partial charge < -0.3 is 9.88 Å². The molecular formula is C23H15Cl3N2O2. The molecule has 30 heavy (non-hydrogen) atoms. The van der Waals surface area contributed by atoms with Crippen molar-refractivity contribution in [2.75, 3.05) is 5.32 Å². The Morgan fingerprint density at radius 1 is 0.900 bits per heavy atom. The largest absolute Gasteiger partial charge is 0.330 e. The lowest BCUT2D eigenvalue weighted by Gasteiger charge is -2.18. The number of para-hydroxylation sites is 1. The number of benzene rings is 3.